The van der Waals surface area contributed by atoms with Gasteiger partial charge < -0.3 is 34.8 Å². The molecule has 10 nitrogen and oxygen atoms in total. The van der Waals surface area contributed by atoms with Crippen molar-refractivity contribution in [3.05, 3.63) is 99.3 Å². The Morgan fingerprint density at radius 3 is 2.37 bits per heavy atom. The molecular weight excluding hydrogens is 689 g/mol. The fourth-order valence-electron chi connectivity index (χ4n) is 7.00. The quantitative estimate of drug-likeness (QED) is 0.179. The number of nitrogens with one attached hydrogen (secondary N) is 1. The van der Waals surface area contributed by atoms with Gasteiger partial charge in [0.2, 0.25) is 5.91 Å². The summed E-state index contributed by atoms with van der Waals surface area (Å²) in [5.41, 5.74) is 5.50. The second-order valence-electron chi connectivity index (χ2n) is 14.0. The first-order valence-electron chi connectivity index (χ1n) is 17.8. The normalized spacial score (nSPS) is 18.9. The Morgan fingerprint density at radius 1 is 0.981 bits per heavy atom. The number of aryl methyl sites for hydroxylation is 2. The number of halogens is 2. The number of nitrogens with zero attached hydrogens (tertiary/aromatic N) is 2. The molecule has 2 aliphatic heterocycles. The Bertz CT molecular complexity index is 1810. The SMILES string of the molecule is Cc1cc(Cl)c(OCCOc2ccc(C3=C(C(=O)N(CCc4ccc(F)cc4)C4CC4)[C@H]4CN(C(=O)C[C@@H](O)CC(=O)O)C[C@@H](C3)N4)cc2)cc1C. The van der Waals surface area contributed by atoms with Crippen LogP contribution in [0.2, 0.25) is 5.02 Å². The van der Waals surface area contributed by atoms with Crippen molar-refractivity contribution in [2.45, 2.75) is 76.6 Å². The van der Waals surface area contributed by atoms with Gasteiger partial charge >= 0.3 is 5.97 Å². The Labute approximate surface area is 308 Å². The van der Waals surface area contributed by atoms with Crippen LogP contribution in [0.3, 0.4) is 0 Å². The number of carboxylic acids is 1. The van der Waals surface area contributed by atoms with E-state index < -0.39 is 24.5 Å². The molecule has 276 valence electrons. The lowest BCUT2D eigenvalue weighted by Gasteiger charge is -2.45. The minimum Gasteiger partial charge on any atom is -0.490 e. The second kappa shape index (κ2) is 16.5. The van der Waals surface area contributed by atoms with Crippen molar-refractivity contribution in [3.63, 3.8) is 0 Å². The number of carbonyl (C=O) groups is 3. The Balaban J connectivity index is 1.21. The molecule has 3 aromatic carbocycles. The molecule has 2 amide bonds. The smallest absolute Gasteiger partial charge is 0.305 e. The first-order chi connectivity index (χ1) is 24.9. The third-order valence-electron chi connectivity index (χ3n) is 9.97. The number of benzene rings is 3. The fourth-order valence-corrected chi connectivity index (χ4v) is 7.27. The highest BCUT2D eigenvalue weighted by Crippen LogP contribution is 2.37. The number of hydrogen-bond acceptors (Lipinski definition) is 7. The molecule has 12 heteroatoms. The van der Waals surface area contributed by atoms with Crippen LogP contribution in [0.25, 0.3) is 5.57 Å². The van der Waals surface area contributed by atoms with Gasteiger partial charge in [-0.1, -0.05) is 35.9 Å². The van der Waals surface area contributed by atoms with Crippen molar-refractivity contribution in [2.75, 3.05) is 32.8 Å². The van der Waals surface area contributed by atoms with Crippen molar-refractivity contribution in [1.82, 2.24) is 15.1 Å². The molecule has 3 N–H and O–H groups in total. The maximum Gasteiger partial charge on any atom is 0.305 e. The summed E-state index contributed by atoms with van der Waals surface area (Å²) in [5, 5.41) is 23.4. The van der Waals surface area contributed by atoms with E-state index in [-0.39, 0.29) is 42.7 Å². The molecule has 6 rings (SSSR count). The minimum atomic E-state index is -1.29. The molecule has 2 heterocycles. The minimum absolute atomic E-state index is 0.0988. The lowest BCUT2D eigenvalue weighted by molar-refractivity contribution is -0.141. The van der Waals surface area contributed by atoms with Gasteiger partial charge in [0.15, 0.2) is 0 Å². The monoisotopic (exact) mass is 733 g/mol. The van der Waals surface area contributed by atoms with E-state index in [4.69, 9.17) is 26.2 Å². The molecule has 1 saturated carbocycles. The van der Waals surface area contributed by atoms with E-state index in [9.17, 15) is 23.9 Å². The maximum atomic E-state index is 14.6. The number of hydrogen-bond donors (Lipinski definition) is 3. The molecule has 0 spiro atoms. The first-order valence-corrected chi connectivity index (χ1v) is 18.2. The van der Waals surface area contributed by atoms with E-state index in [1.54, 1.807) is 17.0 Å². The molecule has 3 aliphatic rings. The number of carbonyl (C=O) groups excluding carboxylic acids is 2. The third-order valence-corrected chi connectivity index (χ3v) is 10.3. The van der Waals surface area contributed by atoms with E-state index in [1.165, 1.54) is 12.1 Å². The predicted octanol–water partition coefficient (Wildman–Crippen LogP) is 5.34. The van der Waals surface area contributed by atoms with Gasteiger partial charge in [0.25, 0.3) is 5.91 Å². The van der Waals surface area contributed by atoms with Gasteiger partial charge in [0.05, 0.1) is 30.0 Å². The summed E-state index contributed by atoms with van der Waals surface area (Å²) < 4.78 is 25.4. The van der Waals surface area contributed by atoms with E-state index in [1.807, 2.05) is 55.1 Å². The zero-order chi connectivity index (χ0) is 36.9. The number of aliphatic carboxylic acids is 1. The molecular formula is C40H45ClFN3O7. The molecule has 1 aliphatic carbocycles. The molecule has 0 aromatic heterocycles. The van der Waals surface area contributed by atoms with Crippen LogP contribution in [-0.2, 0) is 20.8 Å². The van der Waals surface area contributed by atoms with Gasteiger partial charge in [0.1, 0.15) is 30.5 Å². The average molecular weight is 734 g/mol. The van der Waals surface area contributed by atoms with E-state index in [2.05, 4.69) is 5.32 Å². The third kappa shape index (κ3) is 9.31. The molecule has 3 aromatic rings. The summed E-state index contributed by atoms with van der Waals surface area (Å²) in [5.74, 6) is -0.670. The van der Waals surface area contributed by atoms with Gasteiger partial charge in [-0.25, -0.2) is 4.39 Å². The zero-order valence-corrected chi connectivity index (χ0v) is 30.2. The van der Waals surface area contributed by atoms with Crippen LogP contribution in [0.1, 0.15) is 54.4 Å². The van der Waals surface area contributed by atoms with E-state index in [0.717, 1.165) is 40.7 Å². The largest absolute Gasteiger partial charge is 0.490 e. The van der Waals surface area contributed by atoms with Crippen LogP contribution in [0, 0.1) is 19.7 Å². The molecule has 2 fully saturated rings. The first kappa shape index (κ1) is 37.3. The number of piperazine rings is 1. The van der Waals surface area contributed by atoms with Gasteiger partial charge in [-0.2, -0.15) is 0 Å². The molecule has 0 unspecified atom stereocenters. The number of carboxylic acid groups (broad SMARTS) is 1. The van der Waals surface area contributed by atoms with Gasteiger partial charge in [-0.05, 0) is 104 Å². The van der Waals surface area contributed by atoms with Crippen LogP contribution >= 0.6 is 11.6 Å². The maximum absolute atomic E-state index is 14.6. The lowest BCUT2D eigenvalue weighted by Crippen LogP contribution is -2.62. The number of aliphatic hydroxyl groups excluding tert-OH is 1. The zero-order valence-electron chi connectivity index (χ0n) is 29.4. The number of ether oxygens (including phenoxy) is 2. The summed E-state index contributed by atoms with van der Waals surface area (Å²) >= 11 is 6.35. The van der Waals surface area contributed by atoms with Crippen LogP contribution < -0.4 is 14.8 Å². The van der Waals surface area contributed by atoms with E-state index in [0.29, 0.717) is 61.2 Å². The molecule has 1 saturated heterocycles. The highest BCUT2D eigenvalue weighted by atomic mass is 35.5. The van der Waals surface area contributed by atoms with E-state index >= 15 is 0 Å². The summed E-state index contributed by atoms with van der Waals surface area (Å²) in [7, 11) is 0. The van der Waals surface area contributed by atoms with Gasteiger partial charge in [-0.15, -0.1) is 0 Å². The Kier molecular flexibility index (Phi) is 11.8. The van der Waals surface area contributed by atoms with Crippen LogP contribution in [0.5, 0.6) is 11.5 Å². The van der Waals surface area contributed by atoms with Crippen LogP contribution in [0.15, 0.2) is 66.2 Å². The molecule has 3 atom stereocenters. The van der Waals surface area contributed by atoms with Crippen molar-refractivity contribution in [1.29, 1.82) is 0 Å². The molecule has 52 heavy (non-hydrogen) atoms. The van der Waals surface area contributed by atoms with Crippen LogP contribution in [0.4, 0.5) is 4.39 Å². The van der Waals surface area contributed by atoms with Gasteiger partial charge in [-0.3, -0.25) is 14.4 Å². The van der Waals surface area contributed by atoms with Crippen molar-refractivity contribution < 1.29 is 38.5 Å². The Hall–Kier alpha value is -4.45. The second-order valence-corrected chi connectivity index (χ2v) is 14.4. The van der Waals surface area contributed by atoms with Crippen LogP contribution in [-0.4, -0.2) is 94.9 Å². The predicted molar refractivity (Wildman–Crippen MR) is 195 cm³/mol. The van der Waals surface area contributed by atoms with Crippen molar-refractivity contribution in [3.8, 4) is 11.5 Å². The van der Waals surface area contributed by atoms with Gasteiger partial charge in [0, 0.05) is 37.3 Å². The summed E-state index contributed by atoms with van der Waals surface area (Å²) in [6.45, 7) is 5.65. The number of rotatable bonds is 15. The highest BCUT2D eigenvalue weighted by Gasteiger charge is 2.43. The fraction of sp³-hybridized carbons (Fsp3) is 0.425. The number of amides is 2. The number of aliphatic hydroxyl groups is 1. The average Bonchev–Trinajstić information content (AvgIpc) is 3.94. The lowest BCUT2D eigenvalue weighted by atomic mass is 9.82. The molecule has 2 bridgehead atoms. The Morgan fingerprint density at radius 2 is 1.67 bits per heavy atom. The highest BCUT2D eigenvalue weighted by molar-refractivity contribution is 6.32. The number of fused-ring (bicyclic) bond motifs is 2. The van der Waals surface area contributed by atoms with Crippen molar-refractivity contribution in [2.24, 2.45) is 0 Å². The summed E-state index contributed by atoms with van der Waals surface area (Å²) in [6, 6.07) is 17.2. The van der Waals surface area contributed by atoms with Crippen molar-refractivity contribution >= 4 is 35.0 Å². The summed E-state index contributed by atoms with van der Waals surface area (Å²) in [4.78, 5) is 42.5. The standard InChI is InChI=1S/C40H45ClFN3O7/c1-24-17-34(41)36(18-25(24)2)52-16-15-51-32-11-5-27(6-12-32)33-19-29-22-44(37(47)20-31(46)21-38(48)49)23-35(43-29)39(33)40(50)45(30-9-10-30)14-13-26-3-7-28(42)8-4-26/h3-8,11-12,17-18,29-31,35,43,46H,9-10,13-16,19-23H2,1-2H3,(H,48,49)/t29-,31-,35-/m1/s1. The topological polar surface area (TPSA) is 129 Å². The molecule has 0 radical (unpaired) electrons. The summed E-state index contributed by atoms with van der Waals surface area (Å²) in [6.07, 6.45) is 0.744.